The highest BCUT2D eigenvalue weighted by Crippen LogP contribution is 2.33. The third-order valence-electron chi connectivity index (χ3n) is 2.70. The molecule has 0 radical (unpaired) electrons. The Labute approximate surface area is 95.1 Å². The summed E-state index contributed by atoms with van der Waals surface area (Å²) in [5, 5.41) is 0.584. The van der Waals surface area contributed by atoms with E-state index in [1.807, 2.05) is 17.0 Å². The molecule has 0 aliphatic carbocycles. The summed E-state index contributed by atoms with van der Waals surface area (Å²) < 4.78 is 5.20. The molecule has 0 saturated carbocycles. The number of benzene rings is 1. The molecule has 0 spiro atoms. The van der Waals surface area contributed by atoms with Gasteiger partial charge >= 0.3 is 0 Å². The van der Waals surface area contributed by atoms with Crippen LogP contribution in [0.4, 0.5) is 5.69 Å². The average Bonchev–Trinajstić information content (AvgIpc) is 2.27. The van der Waals surface area contributed by atoms with Gasteiger partial charge in [-0.3, -0.25) is 0 Å². The molecule has 2 nitrogen and oxygen atoms in total. The number of hydrogen-bond donors (Lipinski definition) is 0. The number of fused-ring (bicyclic) bond motifs is 1. The summed E-state index contributed by atoms with van der Waals surface area (Å²) in [5.41, 5.74) is 2.43. The van der Waals surface area contributed by atoms with Crippen molar-refractivity contribution >= 4 is 17.3 Å². The number of hydrogen-bond acceptors (Lipinski definition) is 2. The molecule has 1 aromatic rings. The predicted octanol–water partition coefficient (Wildman–Crippen LogP) is 3.16. The molecule has 1 aliphatic heterocycles. The molecular formula is C12H14ClNO. The first-order valence-electron chi connectivity index (χ1n) is 5.01. The average molecular weight is 224 g/mol. The van der Waals surface area contributed by atoms with Crippen LogP contribution in [-0.2, 0) is 6.42 Å². The van der Waals surface area contributed by atoms with Crippen molar-refractivity contribution in [2.75, 3.05) is 18.6 Å². The highest BCUT2D eigenvalue weighted by Gasteiger charge is 2.18. The van der Waals surface area contributed by atoms with Crippen molar-refractivity contribution < 1.29 is 4.74 Å². The van der Waals surface area contributed by atoms with Crippen LogP contribution in [0.5, 0.6) is 5.75 Å². The number of rotatable bonds is 2. The van der Waals surface area contributed by atoms with Crippen LogP contribution >= 0.6 is 11.6 Å². The lowest BCUT2D eigenvalue weighted by Gasteiger charge is -2.30. The highest BCUT2D eigenvalue weighted by atomic mass is 35.5. The lowest BCUT2D eigenvalue weighted by Crippen LogP contribution is -2.26. The Morgan fingerprint density at radius 2 is 2.33 bits per heavy atom. The van der Waals surface area contributed by atoms with Crippen LogP contribution in [0, 0.1) is 0 Å². The fourth-order valence-electron chi connectivity index (χ4n) is 1.95. The molecule has 0 N–H and O–H groups in total. The Morgan fingerprint density at radius 1 is 1.53 bits per heavy atom. The van der Waals surface area contributed by atoms with Crippen molar-refractivity contribution in [3.05, 3.63) is 35.5 Å². The van der Waals surface area contributed by atoms with E-state index in [1.54, 1.807) is 7.11 Å². The maximum absolute atomic E-state index is 5.96. The summed E-state index contributed by atoms with van der Waals surface area (Å²) in [4.78, 5) is 2.04. The Balaban J connectivity index is 2.40. The van der Waals surface area contributed by atoms with Crippen molar-refractivity contribution in [2.45, 2.75) is 12.8 Å². The third-order valence-corrected chi connectivity index (χ3v) is 2.90. The van der Waals surface area contributed by atoms with Gasteiger partial charge in [0.05, 0.1) is 7.11 Å². The topological polar surface area (TPSA) is 12.5 Å². The highest BCUT2D eigenvalue weighted by molar-refractivity contribution is 6.30. The van der Waals surface area contributed by atoms with E-state index in [9.17, 15) is 0 Å². The number of nitrogens with zero attached hydrogens (tertiary/aromatic N) is 1. The van der Waals surface area contributed by atoms with Crippen LogP contribution in [0.1, 0.15) is 12.0 Å². The zero-order chi connectivity index (χ0) is 10.8. The molecule has 3 heteroatoms. The van der Waals surface area contributed by atoms with Crippen LogP contribution in [0.15, 0.2) is 29.9 Å². The second-order valence-electron chi connectivity index (χ2n) is 3.63. The third kappa shape index (κ3) is 1.95. The summed E-state index contributed by atoms with van der Waals surface area (Å²) in [5.74, 6) is 0.899. The van der Waals surface area contributed by atoms with E-state index in [-0.39, 0.29) is 0 Å². The van der Waals surface area contributed by atoms with Crippen LogP contribution < -0.4 is 9.64 Å². The number of methoxy groups -OCH3 is 1. The maximum Gasteiger partial charge on any atom is 0.119 e. The lowest BCUT2D eigenvalue weighted by atomic mass is 10.0. The maximum atomic E-state index is 5.96. The van der Waals surface area contributed by atoms with Gasteiger partial charge in [0, 0.05) is 12.2 Å². The SMILES string of the molecule is C=C(Cl)N1CCCc2cc(OC)ccc21. The first-order valence-corrected chi connectivity index (χ1v) is 5.39. The molecule has 0 atom stereocenters. The van der Waals surface area contributed by atoms with E-state index in [0.717, 1.165) is 30.8 Å². The standard InChI is InChI=1S/C12H14ClNO/c1-9(13)14-7-3-4-10-8-11(15-2)5-6-12(10)14/h5-6,8H,1,3-4,7H2,2H3. The van der Waals surface area contributed by atoms with E-state index in [2.05, 4.69) is 12.6 Å². The predicted molar refractivity (Wildman–Crippen MR) is 63.7 cm³/mol. The van der Waals surface area contributed by atoms with Crippen molar-refractivity contribution in [3.8, 4) is 5.75 Å². The van der Waals surface area contributed by atoms with Gasteiger partial charge in [0.1, 0.15) is 10.9 Å². The van der Waals surface area contributed by atoms with Gasteiger partial charge in [0.15, 0.2) is 0 Å². The molecule has 0 saturated heterocycles. The van der Waals surface area contributed by atoms with Crippen LogP contribution in [0.2, 0.25) is 0 Å². The number of anilines is 1. The van der Waals surface area contributed by atoms with Crippen LogP contribution in [0.25, 0.3) is 0 Å². The summed E-state index contributed by atoms with van der Waals surface area (Å²) in [6, 6.07) is 6.07. The zero-order valence-corrected chi connectivity index (χ0v) is 9.55. The second-order valence-corrected chi connectivity index (χ2v) is 4.06. The minimum absolute atomic E-state index is 0.584. The Bertz CT molecular complexity index is 389. The molecule has 1 aromatic carbocycles. The van der Waals surface area contributed by atoms with Gasteiger partial charge in [-0.2, -0.15) is 0 Å². The number of halogens is 1. The molecular weight excluding hydrogens is 210 g/mol. The van der Waals surface area contributed by atoms with Gasteiger partial charge in [0.2, 0.25) is 0 Å². The number of aryl methyl sites for hydroxylation is 1. The van der Waals surface area contributed by atoms with E-state index in [1.165, 1.54) is 5.56 Å². The normalized spacial score (nSPS) is 14.7. The molecule has 0 unspecified atom stereocenters. The molecule has 0 aromatic heterocycles. The van der Waals surface area contributed by atoms with Gasteiger partial charge in [-0.05, 0) is 36.6 Å². The molecule has 0 fully saturated rings. The van der Waals surface area contributed by atoms with Gasteiger partial charge in [0.25, 0.3) is 0 Å². The van der Waals surface area contributed by atoms with E-state index in [0.29, 0.717) is 5.16 Å². The Kier molecular flexibility index (Phi) is 2.87. The van der Waals surface area contributed by atoms with E-state index < -0.39 is 0 Å². The van der Waals surface area contributed by atoms with Gasteiger partial charge in [-0.25, -0.2) is 0 Å². The van der Waals surface area contributed by atoms with Crippen LogP contribution in [0.3, 0.4) is 0 Å². The lowest BCUT2D eigenvalue weighted by molar-refractivity contribution is 0.414. The van der Waals surface area contributed by atoms with Gasteiger partial charge < -0.3 is 9.64 Å². The van der Waals surface area contributed by atoms with Gasteiger partial charge in [-0.15, -0.1) is 0 Å². The number of ether oxygens (including phenoxy) is 1. The van der Waals surface area contributed by atoms with Crippen molar-refractivity contribution in [2.24, 2.45) is 0 Å². The fraction of sp³-hybridized carbons (Fsp3) is 0.333. The summed E-state index contributed by atoms with van der Waals surface area (Å²) in [7, 11) is 1.68. The van der Waals surface area contributed by atoms with Gasteiger partial charge in [-0.1, -0.05) is 18.2 Å². The summed E-state index contributed by atoms with van der Waals surface area (Å²) in [6.45, 7) is 4.73. The van der Waals surface area contributed by atoms with Crippen LogP contribution in [-0.4, -0.2) is 13.7 Å². The minimum atomic E-state index is 0.584. The Morgan fingerprint density at radius 3 is 3.00 bits per heavy atom. The van der Waals surface area contributed by atoms with E-state index >= 15 is 0 Å². The van der Waals surface area contributed by atoms with Crippen molar-refractivity contribution in [1.82, 2.24) is 0 Å². The molecule has 2 rings (SSSR count). The molecule has 0 amide bonds. The fourth-order valence-corrected chi connectivity index (χ4v) is 2.13. The second kappa shape index (κ2) is 4.15. The molecule has 15 heavy (non-hydrogen) atoms. The first kappa shape index (κ1) is 10.4. The van der Waals surface area contributed by atoms with Crippen molar-refractivity contribution in [1.29, 1.82) is 0 Å². The summed E-state index contributed by atoms with van der Waals surface area (Å²) in [6.07, 6.45) is 2.18. The molecule has 80 valence electrons. The minimum Gasteiger partial charge on any atom is -0.497 e. The molecule has 1 aliphatic rings. The largest absolute Gasteiger partial charge is 0.497 e. The zero-order valence-electron chi connectivity index (χ0n) is 8.79. The first-order chi connectivity index (χ1) is 7.22. The van der Waals surface area contributed by atoms with E-state index in [4.69, 9.17) is 16.3 Å². The Hall–Kier alpha value is -1.15. The quantitative estimate of drug-likeness (QED) is 0.715. The van der Waals surface area contributed by atoms with Crippen molar-refractivity contribution in [3.63, 3.8) is 0 Å². The monoisotopic (exact) mass is 223 g/mol. The smallest absolute Gasteiger partial charge is 0.119 e. The summed E-state index contributed by atoms with van der Waals surface area (Å²) >= 11 is 5.96. The molecule has 0 bridgehead atoms. The molecule has 1 heterocycles.